The molecule has 21 heavy (non-hydrogen) atoms. The molecule has 0 atom stereocenters. The average molecular weight is 304 g/mol. The third-order valence-electron chi connectivity index (χ3n) is 3.17. The van der Waals surface area contributed by atoms with E-state index in [1.54, 1.807) is 13.0 Å². The second-order valence-electron chi connectivity index (χ2n) is 4.88. The molecule has 5 nitrogen and oxygen atoms in total. The molecule has 0 aliphatic carbocycles. The molecule has 1 aromatic heterocycles. The minimum Gasteiger partial charge on any atom is -0.478 e. The lowest BCUT2D eigenvalue weighted by Crippen LogP contribution is -2.15. The van der Waals surface area contributed by atoms with Gasteiger partial charge < -0.3 is 10.4 Å². The highest BCUT2D eigenvalue weighted by Crippen LogP contribution is 2.23. The Kier molecular flexibility index (Phi) is 4.09. The Morgan fingerprint density at radius 1 is 1.14 bits per heavy atom. The van der Waals surface area contributed by atoms with E-state index >= 15 is 0 Å². The maximum Gasteiger partial charge on any atom is 0.336 e. The van der Waals surface area contributed by atoms with E-state index < -0.39 is 5.97 Å². The van der Waals surface area contributed by atoms with E-state index in [0.29, 0.717) is 16.9 Å². The van der Waals surface area contributed by atoms with Gasteiger partial charge in [-0.25, -0.2) is 9.78 Å². The largest absolute Gasteiger partial charge is 0.478 e. The average Bonchev–Trinajstić information content (AvgIpc) is 2.71. The number of benzene rings is 1. The highest BCUT2D eigenvalue weighted by atomic mass is 32.1. The number of hydrogen-bond acceptors (Lipinski definition) is 4. The van der Waals surface area contributed by atoms with Crippen LogP contribution in [-0.2, 0) is 0 Å². The molecule has 2 aromatic rings. The molecule has 2 N–H and O–H groups in total. The number of aromatic nitrogens is 1. The van der Waals surface area contributed by atoms with Crippen molar-refractivity contribution in [1.29, 1.82) is 0 Å². The fourth-order valence-corrected chi connectivity index (χ4v) is 2.95. The van der Waals surface area contributed by atoms with Crippen LogP contribution in [0.1, 0.15) is 41.9 Å². The summed E-state index contributed by atoms with van der Waals surface area (Å²) in [6, 6.07) is 3.23. The Hall–Kier alpha value is -2.21. The van der Waals surface area contributed by atoms with Crippen molar-refractivity contribution in [3.8, 4) is 0 Å². The normalized spacial score (nSPS) is 10.5. The molecular weight excluding hydrogens is 288 g/mol. The number of anilines is 1. The van der Waals surface area contributed by atoms with E-state index in [2.05, 4.69) is 10.3 Å². The number of nitrogens with one attached hydrogen (secondary N) is 1. The highest BCUT2D eigenvalue weighted by molar-refractivity contribution is 7.11. The molecule has 0 saturated carbocycles. The van der Waals surface area contributed by atoms with Crippen molar-refractivity contribution in [3.63, 3.8) is 0 Å². The number of thiazole rings is 1. The van der Waals surface area contributed by atoms with Gasteiger partial charge >= 0.3 is 5.97 Å². The van der Waals surface area contributed by atoms with E-state index in [9.17, 15) is 9.59 Å². The van der Waals surface area contributed by atoms with Crippen LogP contribution in [-0.4, -0.2) is 22.0 Å². The van der Waals surface area contributed by atoms with Crippen molar-refractivity contribution in [2.45, 2.75) is 27.7 Å². The molecule has 2 rings (SSSR count). The van der Waals surface area contributed by atoms with Gasteiger partial charge in [-0.3, -0.25) is 4.79 Å². The van der Waals surface area contributed by atoms with E-state index in [1.807, 2.05) is 20.8 Å². The quantitative estimate of drug-likeness (QED) is 0.911. The lowest BCUT2D eigenvalue weighted by Gasteiger charge is -2.11. The summed E-state index contributed by atoms with van der Waals surface area (Å²) >= 11 is 1.46. The van der Waals surface area contributed by atoms with Crippen molar-refractivity contribution < 1.29 is 14.7 Å². The molecule has 0 radical (unpaired) electrons. The topological polar surface area (TPSA) is 79.3 Å². The Labute approximate surface area is 126 Å². The smallest absolute Gasteiger partial charge is 0.336 e. The molecule has 0 aliphatic heterocycles. The third kappa shape index (κ3) is 3.11. The van der Waals surface area contributed by atoms with Crippen LogP contribution < -0.4 is 5.32 Å². The van der Waals surface area contributed by atoms with Crippen molar-refractivity contribution in [2.75, 3.05) is 5.32 Å². The van der Waals surface area contributed by atoms with Crippen LogP contribution in [0.2, 0.25) is 0 Å². The number of aryl methyl sites for hydroxylation is 4. The zero-order chi connectivity index (χ0) is 15.7. The van der Waals surface area contributed by atoms with Crippen molar-refractivity contribution >= 4 is 28.9 Å². The number of carboxylic acid groups (broad SMARTS) is 1. The zero-order valence-corrected chi connectivity index (χ0v) is 13.1. The Balaban J connectivity index is 2.35. The Morgan fingerprint density at radius 2 is 1.81 bits per heavy atom. The molecule has 0 spiro atoms. The van der Waals surface area contributed by atoms with Gasteiger partial charge in [0, 0.05) is 10.6 Å². The number of carboxylic acids is 1. The van der Waals surface area contributed by atoms with E-state index in [0.717, 1.165) is 15.4 Å². The van der Waals surface area contributed by atoms with Gasteiger partial charge in [0.25, 0.3) is 5.91 Å². The van der Waals surface area contributed by atoms with Gasteiger partial charge in [0.05, 0.1) is 10.6 Å². The summed E-state index contributed by atoms with van der Waals surface area (Å²) in [6.45, 7) is 7.24. The summed E-state index contributed by atoms with van der Waals surface area (Å²) in [5, 5.41) is 12.7. The number of hydrogen-bond donors (Lipinski definition) is 2. The number of carbonyl (C=O) groups excluding carboxylic acids is 1. The van der Waals surface area contributed by atoms with Crippen LogP contribution in [0.25, 0.3) is 0 Å². The lowest BCUT2D eigenvalue weighted by atomic mass is 10.0. The molecule has 110 valence electrons. The predicted molar refractivity (Wildman–Crippen MR) is 82.4 cm³/mol. The monoisotopic (exact) mass is 304 g/mol. The summed E-state index contributed by atoms with van der Waals surface area (Å²) in [6.07, 6.45) is 0. The molecule has 0 fully saturated rings. The van der Waals surface area contributed by atoms with Gasteiger partial charge in [0.2, 0.25) is 0 Å². The second kappa shape index (κ2) is 5.65. The van der Waals surface area contributed by atoms with Crippen LogP contribution in [0.4, 0.5) is 5.69 Å². The molecule has 0 bridgehead atoms. The maximum atomic E-state index is 12.3. The molecular formula is C15H16N2O3S. The number of rotatable bonds is 3. The number of aromatic carboxylic acids is 1. The SMILES string of the molecule is Cc1nc(C(=O)Nc2cc(C(=O)O)c(C)cc2C)c(C)s1. The first kappa shape index (κ1) is 15.2. The number of amides is 1. The van der Waals surface area contributed by atoms with Crippen LogP contribution in [0.5, 0.6) is 0 Å². The molecule has 0 aliphatic rings. The minimum atomic E-state index is -1.01. The molecule has 1 amide bonds. The van der Waals surface area contributed by atoms with Gasteiger partial charge in [-0.15, -0.1) is 11.3 Å². The second-order valence-corrected chi connectivity index (χ2v) is 6.29. The summed E-state index contributed by atoms with van der Waals surface area (Å²) in [4.78, 5) is 28.5. The molecule has 0 unspecified atom stereocenters. The zero-order valence-electron chi connectivity index (χ0n) is 12.3. The van der Waals surface area contributed by atoms with Crippen molar-refractivity contribution in [2.24, 2.45) is 0 Å². The molecule has 0 saturated heterocycles. The number of carbonyl (C=O) groups is 2. The molecule has 1 aromatic carbocycles. The van der Waals surface area contributed by atoms with Gasteiger partial charge in [-0.1, -0.05) is 6.07 Å². The molecule has 6 heteroatoms. The van der Waals surface area contributed by atoms with Gasteiger partial charge in [0.1, 0.15) is 5.69 Å². The fourth-order valence-electron chi connectivity index (χ4n) is 2.14. The first-order valence-corrected chi connectivity index (χ1v) is 7.21. The summed E-state index contributed by atoms with van der Waals surface area (Å²) < 4.78 is 0. The van der Waals surface area contributed by atoms with Crippen LogP contribution >= 0.6 is 11.3 Å². The molecule has 1 heterocycles. The lowest BCUT2D eigenvalue weighted by molar-refractivity contribution is 0.0695. The highest BCUT2D eigenvalue weighted by Gasteiger charge is 2.17. The Bertz CT molecular complexity index is 735. The maximum absolute atomic E-state index is 12.3. The minimum absolute atomic E-state index is 0.182. The van der Waals surface area contributed by atoms with Gasteiger partial charge in [0.15, 0.2) is 0 Å². The predicted octanol–water partition coefficient (Wildman–Crippen LogP) is 3.33. The van der Waals surface area contributed by atoms with Crippen LogP contribution in [0.15, 0.2) is 12.1 Å². The van der Waals surface area contributed by atoms with E-state index in [1.165, 1.54) is 17.4 Å². The first-order chi connectivity index (χ1) is 9.79. The number of nitrogens with zero attached hydrogens (tertiary/aromatic N) is 1. The summed E-state index contributed by atoms with van der Waals surface area (Å²) in [7, 11) is 0. The van der Waals surface area contributed by atoms with Gasteiger partial charge in [-0.05, 0) is 44.9 Å². The van der Waals surface area contributed by atoms with Crippen molar-refractivity contribution in [3.05, 3.63) is 44.4 Å². The summed E-state index contributed by atoms with van der Waals surface area (Å²) in [5.41, 5.74) is 2.54. The Morgan fingerprint density at radius 3 is 2.33 bits per heavy atom. The standard InChI is InChI=1S/C15H16N2O3S/c1-7-5-8(2)12(6-11(7)15(19)20)17-14(18)13-9(3)21-10(4)16-13/h5-6H,1-4H3,(H,17,18)(H,19,20). The summed E-state index contributed by atoms with van der Waals surface area (Å²) in [5.74, 6) is -1.33. The van der Waals surface area contributed by atoms with E-state index in [-0.39, 0.29) is 11.5 Å². The third-order valence-corrected chi connectivity index (χ3v) is 4.05. The van der Waals surface area contributed by atoms with Crippen molar-refractivity contribution in [1.82, 2.24) is 4.98 Å². The van der Waals surface area contributed by atoms with Gasteiger partial charge in [-0.2, -0.15) is 0 Å². The fraction of sp³-hybridized carbons (Fsp3) is 0.267. The van der Waals surface area contributed by atoms with E-state index in [4.69, 9.17) is 5.11 Å². The van der Waals surface area contributed by atoms with Crippen LogP contribution in [0, 0.1) is 27.7 Å². The first-order valence-electron chi connectivity index (χ1n) is 6.39. The van der Waals surface area contributed by atoms with Crippen LogP contribution in [0.3, 0.4) is 0 Å².